The highest BCUT2D eigenvalue weighted by atomic mass is 16.5. The lowest BCUT2D eigenvalue weighted by molar-refractivity contribution is -0.0241. The van der Waals surface area contributed by atoms with Crippen LogP contribution in [0.2, 0.25) is 0 Å². The second kappa shape index (κ2) is 6.25. The Morgan fingerprint density at radius 3 is 3.09 bits per heavy atom. The van der Waals surface area contributed by atoms with Gasteiger partial charge in [0, 0.05) is 13.1 Å². The number of benzene rings is 1. The molecule has 1 aliphatic heterocycles. The van der Waals surface area contributed by atoms with Crippen LogP contribution in [0.5, 0.6) is 0 Å². The van der Waals surface area contributed by atoms with Gasteiger partial charge in [-0.2, -0.15) is 4.98 Å². The molecule has 1 aromatic carbocycles. The normalized spacial score (nSPS) is 19.2. The van der Waals surface area contributed by atoms with E-state index < -0.39 is 5.97 Å². The maximum absolute atomic E-state index is 11.1. The number of hydrogen-bond acceptors (Lipinski definition) is 6. The number of carboxylic acid groups (broad SMARTS) is 1. The second-order valence-electron chi connectivity index (χ2n) is 5.25. The summed E-state index contributed by atoms with van der Waals surface area (Å²) in [4.78, 5) is 17.5. The van der Waals surface area contributed by atoms with Crippen molar-refractivity contribution in [1.82, 2.24) is 15.0 Å². The van der Waals surface area contributed by atoms with Crippen LogP contribution >= 0.6 is 0 Å². The van der Waals surface area contributed by atoms with E-state index in [1.165, 1.54) is 0 Å². The van der Waals surface area contributed by atoms with Crippen LogP contribution < -0.4 is 0 Å². The third kappa shape index (κ3) is 3.15. The fraction of sp³-hybridized carbons (Fsp3) is 0.400. The average molecular weight is 303 g/mol. The summed E-state index contributed by atoms with van der Waals surface area (Å²) in [6.45, 7) is 4.22. The lowest BCUT2D eigenvalue weighted by atomic mass is 10.1. The van der Waals surface area contributed by atoms with Crippen molar-refractivity contribution in [3.8, 4) is 0 Å². The van der Waals surface area contributed by atoms with Gasteiger partial charge in [0.15, 0.2) is 5.82 Å². The van der Waals surface area contributed by atoms with Crippen molar-refractivity contribution < 1.29 is 19.2 Å². The Balaban J connectivity index is 1.79. The van der Waals surface area contributed by atoms with E-state index in [1.54, 1.807) is 25.1 Å². The van der Waals surface area contributed by atoms with Crippen LogP contribution in [0.15, 0.2) is 28.8 Å². The molecule has 1 N–H and O–H groups in total. The van der Waals surface area contributed by atoms with Crippen LogP contribution in [0.1, 0.15) is 33.7 Å². The lowest BCUT2D eigenvalue weighted by Crippen LogP contribution is -2.39. The molecular weight excluding hydrogens is 286 g/mol. The van der Waals surface area contributed by atoms with Crippen molar-refractivity contribution in [2.24, 2.45) is 0 Å². The Hall–Kier alpha value is -2.25. The van der Waals surface area contributed by atoms with E-state index >= 15 is 0 Å². The fourth-order valence-corrected chi connectivity index (χ4v) is 2.54. The number of aromatic nitrogens is 2. The minimum absolute atomic E-state index is 0.108. The summed E-state index contributed by atoms with van der Waals surface area (Å²) in [6, 6.07) is 6.84. The largest absolute Gasteiger partial charge is 0.478 e. The van der Waals surface area contributed by atoms with Crippen LogP contribution in [-0.2, 0) is 11.3 Å². The number of aryl methyl sites for hydroxylation is 1. The Morgan fingerprint density at radius 2 is 2.36 bits per heavy atom. The molecule has 22 heavy (non-hydrogen) atoms. The summed E-state index contributed by atoms with van der Waals surface area (Å²) in [5, 5.41) is 12.9. The molecule has 1 fully saturated rings. The van der Waals surface area contributed by atoms with E-state index in [4.69, 9.17) is 14.4 Å². The van der Waals surface area contributed by atoms with Crippen LogP contribution in [0.25, 0.3) is 0 Å². The highest BCUT2D eigenvalue weighted by molar-refractivity contribution is 5.87. The topological polar surface area (TPSA) is 88.7 Å². The summed E-state index contributed by atoms with van der Waals surface area (Å²) >= 11 is 0. The first-order valence-electron chi connectivity index (χ1n) is 7.08. The van der Waals surface area contributed by atoms with Crippen molar-refractivity contribution >= 4 is 5.97 Å². The van der Waals surface area contributed by atoms with Crippen molar-refractivity contribution in [1.29, 1.82) is 0 Å². The molecule has 1 aromatic heterocycles. The number of carbonyl (C=O) groups is 1. The minimum atomic E-state index is -0.923. The van der Waals surface area contributed by atoms with Crippen molar-refractivity contribution in [2.45, 2.75) is 19.5 Å². The van der Waals surface area contributed by atoms with Gasteiger partial charge < -0.3 is 14.4 Å². The average Bonchev–Trinajstić information content (AvgIpc) is 2.94. The Labute approximate surface area is 127 Å². The minimum Gasteiger partial charge on any atom is -0.478 e. The zero-order chi connectivity index (χ0) is 15.5. The molecule has 0 bridgehead atoms. The first-order valence-corrected chi connectivity index (χ1v) is 7.08. The van der Waals surface area contributed by atoms with E-state index in [9.17, 15) is 4.79 Å². The first kappa shape index (κ1) is 14.7. The predicted molar refractivity (Wildman–Crippen MR) is 76.4 cm³/mol. The van der Waals surface area contributed by atoms with Gasteiger partial charge in [-0.1, -0.05) is 17.3 Å². The fourth-order valence-electron chi connectivity index (χ4n) is 2.54. The number of hydrogen-bond donors (Lipinski definition) is 1. The highest BCUT2D eigenvalue weighted by Gasteiger charge is 2.29. The predicted octanol–water partition coefficient (Wildman–Crippen LogP) is 1.65. The first-order chi connectivity index (χ1) is 10.6. The third-order valence-corrected chi connectivity index (χ3v) is 3.63. The molecular formula is C15H17N3O4. The maximum atomic E-state index is 11.1. The van der Waals surface area contributed by atoms with Crippen LogP contribution in [0.4, 0.5) is 0 Å². The van der Waals surface area contributed by atoms with Crippen LogP contribution in [0.3, 0.4) is 0 Å². The summed E-state index contributed by atoms with van der Waals surface area (Å²) in [5.41, 5.74) is 1.22. The quantitative estimate of drug-likeness (QED) is 0.918. The van der Waals surface area contributed by atoms with Crippen molar-refractivity contribution in [3.05, 3.63) is 47.1 Å². The Kier molecular flexibility index (Phi) is 4.17. The van der Waals surface area contributed by atoms with Crippen molar-refractivity contribution in [3.63, 3.8) is 0 Å². The molecule has 0 saturated carbocycles. The summed E-state index contributed by atoms with van der Waals surface area (Å²) in [5.74, 6) is 0.202. The molecule has 1 aliphatic rings. The molecule has 2 heterocycles. The van der Waals surface area contributed by atoms with Gasteiger partial charge >= 0.3 is 5.97 Å². The number of carboxylic acids is 1. The van der Waals surface area contributed by atoms with Gasteiger partial charge in [-0.15, -0.1) is 0 Å². The van der Waals surface area contributed by atoms with Gasteiger partial charge in [-0.25, -0.2) is 4.79 Å². The van der Waals surface area contributed by atoms with E-state index in [-0.39, 0.29) is 11.6 Å². The molecule has 1 unspecified atom stereocenters. The molecule has 0 radical (unpaired) electrons. The smallest absolute Gasteiger partial charge is 0.335 e. The molecule has 0 spiro atoms. The number of rotatable bonds is 4. The summed E-state index contributed by atoms with van der Waals surface area (Å²) in [7, 11) is 0. The molecule has 1 saturated heterocycles. The Bertz CT molecular complexity index is 670. The van der Waals surface area contributed by atoms with Gasteiger partial charge in [0.05, 0.1) is 18.8 Å². The molecule has 7 heteroatoms. The van der Waals surface area contributed by atoms with E-state index in [2.05, 4.69) is 15.0 Å². The SMILES string of the molecule is Cc1noc(C2COCCN2Cc2cccc(C(=O)O)c2)n1. The summed E-state index contributed by atoms with van der Waals surface area (Å²) < 4.78 is 10.8. The maximum Gasteiger partial charge on any atom is 0.335 e. The van der Waals surface area contributed by atoms with Gasteiger partial charge in [0.25, 0.3) is 0 Å². The molecule has 0 amide bonds. The molecule has 3 rings (SSSR count). The molecule has 2 aromatic rings. The van der Waals surface area contributed by atoms with Gasteiger partial charge in [-0.05, 0) is 24.6 Å². The monoisotopic (exact) mass is 303 g/mol. The van der Waals surface area contributed by atoms with Gasteiger partial charge in [0.1, 0.15) is 6.04 Å². The van der Waals surface area contributed by atoms with Gasteiger partial charge in [0.2, 0.25) is 5.89 Å². The van der Waals surface area contributed by atoms with Gasteiger partial charge in [-0.3, -0.25) is 4.90 Å². The second-order valence-corrected chi connectivity index (χ2v) is 5.25. The Morgan fingerprint density at radius 1 is 1.50 bits per heavy atom. The van der Waals surface area contributed by atoms with Crippen molar-refractivity contribution in [2.75, 3.05) is 19.8 Å². The van der Waals surface area contributed by atoms with E-state index in [0.717, 1.165) is 12.1 Å². The number of aromatic carboxylic acids is 1. The summed E-state index contributed by atoms with van der Waals surface area (Å²) in [6.07, 6.45) is 0. The van der Waals surface area contributed by atoms with E-state index in [1.807, 2.05) is 6.07 Å². The third-order valence-electron chi connectivity index (χ3n) is 3.63. The number of nitrogens with zero attached hydrogens (tertiary/aromatic N) is 3. The van der Waals surface area contributed by atoms with Crippen LogP contribution in [-0.4, -0.2) is 45.9 Å². The zero-order valence-electron chi connectivity index (χ0n) is 12.2. The van der Waals surface area contributed by atoms with E-state index in [0.29, 0.717) is 31.5 Å². The van der Waals surface area contributed by atoms with Crippen LogP contribution in [0, 0.1) is 6.92 Å². The highest BCUT2D eigenvalue weighted by Crippen LogP contribution is 2.25. The number of morpholine rings is 1. The molecule has 7 nitrogen and oxygen atoms in total. The lowest BCUT2D eigenvalue weighted by Gasteiger charge is -2.33. The molecule has 116 valence electrons. The molecule has 0 aliphatic carbocycles. The molecule has 1 atom stereocenters. The standard InChI is InChI=1S/C15H17N3O4/c1-10-16-14(22-17-10)13-9-21-6-5-18(13)8-11-3-2-4-12(7-11)15(19)20/h2-4,7,13H,5-6,8-9H2,1H3,(H,19,20). The zero-order valence-corrected chi connectivity index (χ0v) is 12.2. The number of ether oxygens (including phenoxy) is 1.